The van der Waals surface area contributed by atoms with Crippen LogP contribution in [0.5, 0.6) is 0 Å². The molecule has 2 aromatic heterocycles. The second kappa shape index (κ2) is 8.69. The number of carbonyl (C=O) groups is 2. The smallest absolute Gasteiger partial charge is 0.237 e. The maximum absolute atomic E-state index is 12.6. The molecule has 1 unspecified atom stereocenters. The molecule has 0 aliphatic rings. The zero-order valence-electron chi connectivity index (χ0n) is 14.8. The van der Waals surface area contributed by atoms with Gasteiger partial charge in [-0.1, -0.05) is 30.0 Å². The van der Waals surface area contributed by atoms with Crippen LogP contribution in [-0.4, -0.2) is 31.8 Å². The first-order valence-electron chi connectivity index (χ1n) is 8.21. The van der Waals surface area contributed by atoms with E-state index in [1.807, 2.05) is 23.6 Å². The Morgan fingerprint density at radius 2 is 2.11 bits per heavy atom. The molecule has 0 spiro atoms. The van der Waals surface area contributed by atoms with Gasteiger partial charge in [-0.05, 0) is 30.5 Å². The molecule has 3 aromatic rings. The molecule has 10 heteroatoms. The first-order valence-corrected chi connectivity index (χ1v) is 9.97. The van der Waals surface area contributed by atoms with Crippen molar-refractivity contribution in [3.05, 3.63) is 47.3 Å². The first kappa shape index (κ1) is 19.6. The number of nitrogens with zero attached hydrogens (tertiary/aromatic N) is 4. The molecule has 0 aliphatic heterocycles. The Morgan fingerprint density at radius 3 is 2.79 bits per heavy atom. The van der Waals surface area contributed by atoms with E-state index in [0.29, 0.717) is 22.2 Å². The number of nitrogens with two attached hydrogens (primary N) is 1. The van der Waals surface area contributed by atoms with E-state index in [-0.39, 0.29) is 12.5 Å². The van der Waals surface area contributed by atoms with Gasteiger partial charge in [0.1, 0.15) is 12.6 Å². The summed E-state index contributed by atoms with van der Waals surface area (Å²) in [6.07, 6.45) is 0. The molecule has 0 saturated heterocycles. The molecule has 142 valence electrons. The fourth-order valence-corrected chi connectivity index (χ4v) is 3.96. The molecular formula is C18H16N6O2S2. The van der Waals surface area contributed by atoms with Crippen LogP contribution >= 0.6 is 23.1 Å². The van der Waals surface area contributed by atoms with Crippen molar-refractivity contribution >= 4 is 40.6 Å². The molecule has 2 amide bonds. The minimum absolute atomic E-state index is 0.0891. The lowest BCUT2D eigenvalue weighted by molar-refractivity contribution is -0.118. The normalized spacial score (nSPS) is 11.6. The fraction of sp³-hybridized carbons (Fsp3) is 0.167. The van der Waals surface area contributed by atoms with Crippen LogP contribution in [-0.2, 0) is 16.1 Å². The third-order valence-electron chi connectivity index (χ3n) is 3.73. The summed E-state index contributed by atoms with van der Waals surface area (Å²) in [4.78, 5) is 24.9. The number of aromatic nitrogens is 3. The largest absolute Gasteiger partial charge is 0.368 e. The van der Waals surface area contributed by atoms with Gasteiger partial charge >= 0.3 is 0 Å². The molecule has 1 atom stereocenters. The summed E-state index contributed by atoms with van der Waals surface area (Å²) >= 11 is 2.63. The predicted octanol–water partition coefficient (Wildman–Crippen LogP) is 2.48. The first-order chi connectivity index (χ1) is 13.5. The number of anilines is 1. The molecule has 1 aromatic carbocycles. The standard InChI is InChI=1S/C18H16N6O2S2/c1-11(17(26)21-13-6-3-2-5-12(13)9-19)28-18-23-22-16(14-7-4-8-27-14)24(18)10-15(20)25/h2-8,11H,10H2,1H3,(H2,20,25)(H,21,26). The topological polar surface area (TPSA) is 127 Å². The number of nitriles is 1. The Labute approximate surface area is 169 Å². The van der Waals surface area contributed by atoms with Gasteiger partial charge in [0.05, 0.1) is 21.4 Å². The molecule has 0 fully saturated rings. The number of primary amides is 1. The van der Waals surface area contributed by atoms with Gasteiger partial charge in [-0.15, -0.1) is 21.5 Å². The van der Waals surface area contributed by atoms with Gasteiger partial charge in [-0.25, -0.2) is 0 Å². The number of hydrogen-bond acceptors (Lipinski definition) is 7. The van der Waals surface area contributed by atoms with Crippen LogP contribution in [0.1, 0.15) is 12.5 Å². The summed E-state index contributed by atoms with van der Waals surface area (Å²) in [7, 11) is 0. The fourth-order valence-electron chi connectivity index (χ4n) is 2.40. The van der Waals surface area contributed by atoms with Crippen molar-refractivity contribution in [2.75, 3.05) is 5.32 Å². The van der Waals surface area contributed by atoms with Crippen LogP contribution in [0, 0.1) is 11.3 Å². The third kappa shape index (κ3) is 4.39. The van der Waals surface area contributed by atoms with Gasteiger partial charge in [0.2, 0.25) is 11.8 Å². The quantitative estimate of drug-likeness (QED) is 0.574. The minimum atomic E-state index is -0.543. The van der Waals surface area contributed by atoms with E-state index in [2.05, 4.69) is 15.5 Å². The third-order valence-corrected chi connectivity index (χ3v) is 5.68. The van der Waals surface area contributed by atoms with Crippen molar-refractivity contribution in [1.82, 2.24) is 14.8 Å². The lowest BCUT2D eigenvalue weighted by atomic mass is 10.2. The molecule has 0 saturated carbocycles. The molecule has 8 nitrogen and oxygen atoms in total. The van der Waals surface area contributed by atoms with Gasteiger partial charge in [0.15, 0.2) is 11.0 Å². The number of para-hydroxylation sites is 1. The van der Waals surface area contributed by atoms with Crippen LogP contribution in [0.15, 0.2) is 46.9 Å². The Hall–Kier alpha value is -3.16. The van der Waals surface area contributed by atoms with Crippen molar-refractivity contribution in [3.8, 4) is 16.8 Å². The van der Waals surface area contributed by atoms with Crippen LogP contribution in [0.4, 0.5) is 5.69 Å². The van der Waals surface area contributed by atoms with Crippen LogP contribution in [0.2, 0.25) is 0 Å². The van der Waals surface area contributed by atoms with Gasteiger partial charge in [-0.2, -0.15) is 5.26 Å². The van der Waals surface area contributed by atoms with E-state index in [0.717, 1.165) is 16.6 Å². The second-order valence-electron chi connectivity index (χ2n) is 5.74. The maximum atomic E-state index is 12.6. The number of rotatable bonds is 7. The number of amides is 2. The van der Waals surface area contributed by atoms with E-state index in [9.17, 15) is 9.59 Å². The minimum Gasteiger partial charge on any atom is -0.368 e. The Kier molecular flexibility index (Phi) is 6.08. The zero-order valence-corrected chi connectivity index (χ0v) is 16.5. The molecule has 3 rings (SSSR count). The maximum Gasteiger partial charge on any atom is 0.237 e. The Bertz CT molecular complexity index is 1040. The van der Waals surface area contributed by atoms with E-state index >= 15 is 0 Å². The number of thioether (sulfide) groups is 1. The number of hydrogen-bond donors (Lipinski definition) is 2. The monoisotopic (exact) mass is 412 g/mol. The summed E-state index contributed by atoms with van der Waals surface area (Å²) in [6, 6.07) is 12.5. The number of benzene rings is 1. The zero-order chi connectivity index (χ0) is 20.1. The highest BCUT2D eigenvalue weighted by molar-refractivity contribution is 8.00. The van der Waals surface area contributed by atoms with Crippen LogP contribution in [0.25, 0.3) is 10.7 Å². The van der Waals surface area contributed by atoms with Crippen LogP contribution in [0.3, 0.4) is 0 Å². The summed E-state index contributed by atoms with van der Waals surface area (Å²) in [5.74, 6) is -0.294. The highest BCUT2D eigenvalue weighted by Crippen LogP contribution is 2.29. The molecule has 0 bridgehead atoms. The lowest BCUT2D eigenvalue weighted by Crippen LogP contribution is -2.24. The van der Waals surface area contributed by atoms with Gasteiger partial charge < -0.3 is 11.1 Å². The highest BCUT2D eigenvalue weighted by atomic mass is 32.2. The average Bonchev–Trinajstić information content (AvgIpc) is 3.32. The number of thiophene rings is 1. The highest BCUT2D eigenvalue weighted by Gasteiger charge is 2.22. The van der Waals surface area contributed by atoms with E-state index in [1.54, 1.807) is 35.8 Å². The second-order valence-corrected chi connectivity index (χ2v) is 8.00. The molecule has 3 N–H and O–H groups in total. The molecular weight excluding hydrogens is 396 g/mol. The number of nitrogens with one attached hydrogen (secondary N) is 1. The predicted molar refractivity (Wildman–Crippen MR) is 108 cm³/mol. The van der Waals surface area contributed by atoms with Gasteiger partial charge in [0.25, 0.3) is 0 Å². The van der Waals surface area contributed by atoms with Crippen molar-refractivity contribution in [2.24, 2.45) is 5.73 Å². The Morgan fingerprint density at radius 1 is 1.32 bits per heavy atom. The molecule has 2 heterocycles. The lowest BCUT2D eigenvalue weighted by Gasteiger charge is -2.13. The van der Waals surface area contributed by atoms with Gasteiger partial charge in [0, 0.05) is 0 Å². The summed E-state index contributed by atoms with van der Waals surface area (Å²) in [5, 5.41) is 22.0. The molecule has 0 radical (unpaired) electrons. The average molecular weight is 413 g/mol. The molecule has 28 heavy (non-hydrogen) atoms. The summed E-state index contributed by atoms with van der Waals surface area (Å²) < 4.78 is 1.60. The summed E-state index contributed by atoms with van der Waals surface area (Å²) in [6.45, 7) is 1.62. The van der Waals surface area contributed by atoms with Crippen molar-refractivity contribution < 1.29 is 9.59 Å². The van der Waals surface area contributed by atoms with Crippen LogP contribution < -0.4 is 11.1 Å². The van der Waals surface area contributed by atoms with E-state index in [4.69, 9.17) is 11.0 Å². The van der Waals surface area contributed by atoms with Crippen molar-refractivity contribution in [2.45, 2.75) is 23.9 Å². The van der Waals surface area contributed by atoms with E-state index < -0.39 is 11.2 Å². The Balaban J connectivity index is 1.80. The summed E-state index contributed by atoms with van der Waals surface area (Å²) in [5.41, 5.74) is 6.19. The van der Waals surface area contributed by atoms with E-state index in [1.165, 1.54) is 11.3 Å². The number of carbonyl (C=O) groups excluding carboxylic acids is 2. The SMILES string of the molecule is CC(Sc1nnc(-c2cccs2)n1CC(N)=O)C(=O)Nc1ccccc1C#N. The van der Waals surface area contributed by atoms with Gasteiger partial charge in [-0.3, -0.25) is 14.2 Å². The van der Waals surface area contributed by atoms with Crippen molar-refractivity contribution in [3.63, 3.8) is 0 Å². The van der Waals surface area contributed by atoms with Crippen molar-refractivity contribution in [1.29, 1.82) is 5.26 Å². The molecule has 0 aliphatic carbocycles.